The molecule has 0 fully saturated rings. The molecule has 0 aliphatic rings. The van der Waals surface area contributed by atoms with Crippen LogP contribution in [0.15, 0.2) is 24.3 Å². The van der Waals surface area contributed by atoms with E-state index in [-0.39, 0.29) is 12.5 Å². The first-order chi connectivity index (χ1) is 8.63. The Balaban J connectivity index is 2.28. The highest BCUT2D eigenvalue weighted by Crippen LogP contribution is 2.19. The Bertz CT molecular complexity index is 385. The monoisotopic (exact) mass is 270 g/mol. The first-order valence-corrected chi connectivity index (χ1v) is 6.44. The van der Waals surface area contributed by atoms with Crippen LogP contribution < -0.4 is 10.6 Å². The number of rotatable bonds is 7. The number of nitrogens with one attached hydrogen (secondary N) is 2. The molecule has 100 valence electrons. The SMILES string of the molecule is CCCC(O)CNCC(=O)Nc1ccccc1Cl. The lowest BCUT2D eigenvalue weighted by Crippen LogP contribution is -2.33. The molecule has 0 aliphatic heterocycles. The number of benzene rings is 1. The minimum absolute atomic E-state index is 0.159. The van der Waals surface area contributed by atoms with E-state index in [1.165, 1.54) is 0 Å². The van der Waals surface area contributed by atoms with Crippen LogP contribution in [-0.2, 0) is 4.79 Å². The fourth-order valence-electron chi connectivity index (χ4n) is 1.54. The Morgan fingerprint density at radius 2 is 2.17 bits per heavy atom. The molecule has 18 heavy (non-hydrogen) atoms. The first kappa shape index (κ1) is 15.0. The van der Waals surface area contributed by atoms with E-state index in [4.69, 9.17) is 11.6 Å². The lowest BCUT2D eigenvalue weighted by atomic mass is 10.2. The van der Waals surface area contributed by atoms with Gasteiger partial charge in [0.25, 0.3) is 0 Å². The second-order valence-electron chi connectivity index (χ2n) is 4.10. The van der Waals surface area contributed by atoms with Crippen LogP contribution in [0.4, 0.5) is 5.69 Å². The molecule has 1 unspecified atom stereocenters. The van der Waals surface area contributed by atoms with Gasteiger partial charge in [0.15, 0.2) is 0 Å². The standard InChI is InChI=1S/C13H19ClN2O2/c1-2-5-10(17)8-15-9-13(18)16-12-7-4-3-6-11(12)14/h3-4,6-7,10,15,17H,2,5,8-9H2,1H3,(H,16,18). The molecular formula is C13H19ClN2O2. The van der Waals surface area contributed by atoms with E-state index in [0.29, 0.717) is 17.3 Å². The molecule has 0 aromatic heterocycles. The van der Waals surface area contributed by atoms with Gasteiger partial charge in [-0.3, -0.25) is 4.79 Å². The molecule has 1 aromatic carbocycles. The van der Waals surface area contributed by atoms with Crippen LogP contribution in [0.5, 0.6) is 0 Å². The van der Waals surface area contributed by atoms with Crippen LogP contribution in [0.25, 0.3) is 0 Å². The molecule has 0 heterocycles. The quantitative estimate of drug-likeness (QED) is 0.710. The van der Waals surface area contributed by atoms with Gasteiger partial charge in [-0.25, -0.2) is 0 Å². The molecule has 0 saturated heterocycles. The van der Waals surface area contributed by atoms with Crippen molar-refractivity contribution in [2.24, 2.45) is 0 Å². The summed E-state index contributed by atoms with van der Waals surface area (Å²) in [5.74, 6) is -0.174. The summed E-state index contributed by atoms with van der Waals surface area (Å²) in [5, 5.41) is 15.6. The van der Waals surface area contributed by atoms with Gasteiger partial charge in [0.05, 0.1) is 23.4 Å². The van der Waals surface area contributed by atoms with E-state index < -0.39 is 6.10 Å². The summed E-state index contributed by atoms with van der Waals surface area (Å²) in [6.45, 7) is 2.59. The molecule has 0 saturated carbocycles. The molecule has 0 spiro atoms. The largest absolute Gasteiger partial charge is 0.392 e. The fraction of sp³-hybridized carbons (Fsp3) is 0.462. The molecular weight excluding hydrogens is 252 g/mol. The van der Waals surface area contributed by atoms with Crippen LogP contribution in [0.3, 0.4) is 0 Å². The predicted molar refractivity (Wildman–Crippen MR) is 73.9 cm³/mol. The highest BCUT2D eigenvalue weighted by molar-refractivity contribution is 6.33. The van der Waals surface area contributed by atoms with E-state index in [1.54, 1.807) is 24.3 Å². The van der Waals surface area contributed by atoms with Gasteiger partial charge in [0, 0.05) is 6.54 Å². The summed E-state index contributed by atoms with van der Waals surface area (Å²) in [7, 11) is 0. The molecule has 0 bridgehead atoms. The van der Waals surface area contributed by atoms with Gasteiger partial charge in [-0.2, -0.15) is 0 Å². The van der Waals surface area contributed by atoms with Crippen LogP contribution >= 0.6 is 11.6 Å². The number of carbonyl (C=O) groups excluding carboxylic acids is 1. The Morgan fingerprint density at radius 3 is 2.83 bits per heavy atom. The van der Waals surface area contributed by atoms with Gasteiger partial charge >= 0.3 is 0 Å². The minimum atomic E-state index is -0.400. The molecule has 1 aromatic rings. The summed E-state index contributed by atoms with van der Waals surface area (Å²) in [4.78, 5) is 11.6. The van der Waals surface area contributed by atoms with Crippen molar-refractivity contribution in [2.75, 3.05) is 18.4 Å². The summed E-state index contributed by atoms with van der Waals surface area (Å²) >= 11 is 5.92. The Hall–Kier alpha value is -1.10. The van der Waals surface area contributed by atoms with Crippen molar-refractivity contribution in [1.29, 1.82) is 0 Å². The van der Waals surface area contributed by atoms with Gasteiger partial charge in [-0.05, 0) is 18.6 Å². The summed E-state index contributed by atoms with van der Waals surface area (Å²) in [6.07, 6.45) is 1.26. The van der Waals surface area contributed by atoms with E-state index >= 15 is 0 Å². The zero-order valence-electron chi connectivity index (χ0n) is 10.4. The van der Waals surface area contributed by atoms with Crippen molar-refractivity contribution in [1.82, 2.24) is 5.32 Å². The van der Waals surface area contributed by atoms with Crippen LogP contribution in [0, 0.1) is 0 Å². The molecule has 1 atom stereocenters. The minimum Gasteiger partial charge on any atom is -0.392 e. The third-order valence-electron chi connectivity index (χ3n) is 2.44. The molecule has 1 rings (SSSR count). The van der Waals surface area contributed by atoms with Crippen molar-refractivity contribution in [2.45, 2.75) is 25.9 Å². The Kier molecular flexibility index (Phi) is 6.72. The summed E-state index contributed by atoms with van der Waals surface area (Å²) in [6, 6.07) is 7.07. The van der Waals surface area contributed by atoms with Crippen LogP contribution in [0.1, 0.15) is 19.8 Å². The van der Waals surface area contributed by atoms with Gasteiger partial charge in [-0.15, -0.1) is 0 Å². The van der Waals surface area contributed by atoms with E-state index in [2.05, 4.69) is 10.6 Å². The Labute approximate surface area is 112 Å². The zero-order valence-corrected chi connectivity index (χ0v) is 11.2. The molecule has 1 amide bonds. The van der Waals surface area contributed by atoms with E-state index in [0.717, 1.165) is 12.8 Å². The highest BCUT2D eigenvalue weighted by atomic mass is 35.5. The zero-order chi connectivity index (χ0) is 13.4. The van der Waals surface area contributed by atoms with E-state index in [9.17, 15) is 9.90 Å². The highest BCUT2D eigenvalue weighted by Gasteiger charge is 2.06. The number of amides is 1. The maximum atomic E-state index is 11.6. The Morgan fingerprint density at radius 1 is 1.44 bits per heavy atom. The van der Waals surface area contributed by atoms with Crippen molar-refractivity contribution >= 4 is 23.2 Å². The number of para-hydroxylation sites is 1. The summed E-state index contributed by atoms with van der Waals surface area (Å²) in [5.41, 5.74) is 0.597. The van der Waals surface area contributed by atoms with Gasteiger partial charge < -0.3 is 15.7 Å². The van der Waals surface area contributed by atoms with Crippen molar-refractivity contribution in [3.63, 3.8) is 0 Å². The molecule has 5 heteroatoms. The van der Waals surface area contributed by atoms with Gasteiger partial charge in [0.1, 0.15) is 0 Å². The topological polar surface area (TPSA) is 61.4 Å². The maximum absolute atomic E-state index is 11.6. The lowest BCUT2D eigenvalue weighted by molar-refractivity contribution is -0.115. The lowest BCUT2D eigenvalue weighted by Gasteiger charge is -2.11. The smallest absolute Gasteiger partial charge is 0.238 e. The van der Waals surface area contributed by atoms with Crippen LogP contribution in [0.2, 0.25) is 5.02 Å². The van der Waals surface area contributed by atoms with Crippen molar-refractivity contribution in [3.8, 4) is 0 Å². The number of aliphatic hydroxyl groups is 1. The average molecular weight is 271 g/mol. The number of carbonyl (C=O) groups is 1. The molecule has 3 N–H and O–H groups in total. The van der Waals surface area contributed by atoms with Gasteiger partial charge in [0.2, 0.25) is 5.91 Å². The second kappa shape index (κ2) is 8.08. The second-order valence-corrected chi connectivity index (χ2v) is 4.51. The predicted octanol–water partition coefficient (Wildman–Crippen LogP) is 2.03. The molecule has 0 aliphatic carbocycles. The van der Waals surface area contributed by atoms with Crippen LogP contribution in [-0.4, -0.2) is 30.2 Å². The maximum Gasteiger partial charge on any atom is 0.238 e. The number of aliphatic hydroxyl groups excluding tert-OH is 1. The number of anilines is 1. The first-order valence-electron chi connectivity index (χ1n) is 6.06. The molecule has 0 radical (unpaired) electrons. The fourth-order valence-corrected chi connectivity index (χ4v) is 1.73. The number of hydrogen-bond acceptors (Lipinski definition) is 3. The van der Waals surface area contributed by atoms with E-state index in [1.807, 2.05) is 6.92 Å². The van der Waals surface area contributed by atoms with Gasteiger partial charge in [-0.1, -0.05) is 37.1 Å². The van der Waals surface area contributed by atoms with Crippen molar-refractivity contribution in [3.05, 3.63) is 29.3 Å². The van der Waals surface area contributed by atoms with Crippen molar-refractivity contribution < 1.29 is 9.90 Å². The summed E-state index contributed by atoms with van der Waals surface area (Å²) < 4.78 is 0. The third-order valence-corrected chi connectivity index (χ3v) is 2.76. The molecule has 4 nitrogen and oxygen atoms in total. The third kappa shape index (κ3) is 5.49. The number of halogens is 1. The normalized spacial score (nSPS) is 12.2. The average Bonchev–Trinajstić information content (AvgIpc) is 2.32. The number of hydrogen-bond donors (Lipinski definition) is 3.